The van der Waals surface area contributed by atoms with Gasteiger partial charge in [-0.3, -0.25) is 9.59 Å². The summed E-state index contributed by atoms with van der Waals surface area (Å²) in [6.45, 7) is 1.15. The molecule has 0 spiro atoms. The molecule has 6 nitrogen and oxygen atoms in total. The van der Waals surface area contributed by atoms with E-state index in [0.29, 0.717) is 25.9 Å². The molecule has 1 aliphatic heterocycles. The molecular weight excluding hydrogens is 306 g/mol. The Labute approximate surface area is 141 Å². The number of amides is 2. The quantitative estimate of drug-likeness (QED) is 0.835. The lowest BCUT2D eigenvalue weighted by molar-refractivity contribution is -0.131. The molecule has 0 bridgehead atoms. The van der Waals surface area contributed by atoms with Crippen LogP contribution in [0.2, 0.25) is 0 Å². The van der Waals surface area contributed by atoms with Crippen molar-refractivity contribution in [3.05, 3.63) is 35.9 Å². The average Bonchev–Trinajstić information content (AvgIpc) is 2.61. The molecule has 1 heterocycles. The first-order valence-electron chi connectivity index (χ1n) is 7.89. The number of likely N-dealkylation sites (tertiary alicyclic amines) is 1. The minimum Gasteiger partial charge on any atom is -0.497 e. The smallest absolute Gasteiger partial charge is 0.244 e. The van der Waals surface area contributed by atoms with Crippen LogP contribution < -0.4 is 10.1 Å². The number of nitrogens with one attached hydrogen (secondary N) is 1. The van der Waals surface area contributed by atoms with Gasteiger partial charge in [-0.05, 0) is 36.6 Å². The zero-order valence-electron chi connectivity index (χ0n) is 13.7. The van der Waals surface area contributed by atoms with Gasteiger partial charge in [-0.2, -0.15) is 5.26 Å². The number of nitrogens with zero attached hydrogens (tertiary/aromatic N) is 2. The Bertz CT molecular complexity index is 656. The molecule has 1 aromatic carbocycles. The molecule has 0 saturated carbocycles. The van der Waals surface area contributed by atoms with Crippen molar-refractivity contribution in [2.45, 2.75) is 25.3 Å². The molecule has 1 aliphatic rings. The van der Waals surface area contributed by atoms with Crippen LogP contribution in [0.15, 0.2) is 30.3 Å². The number of rotatable bonds is 5. The highest BCUT2D eigenvalue weighted by molar-refractivity contribution is 5.92. The van der Waals surface area contributed by atoms with E-state index in [1.807, 2.05) is 30.3 Å². The summed E-state index contributed by atoms with van der Waals surface area (Å²) >= 11 is 0. The van der Waals surface area contributed by atoms with Gasteiger partial charge in [0.25, 0.3) is 0 Å². The van der Waals surface area contributed by atoms with Crippen LogP contribution in [-0.4, -0.2) is 43.0 Å². The second-order valence-electron chi connectivity index (χ2n) is 5.61. The summed E-state index contributed by atoms with van der Waals surface area (Å²) in [6.07, 6.45) is 4.57. The number of benzene rings is 1. The van der Waals surface area contributed by atoms with E-state index in [4.69, 9.17) is 10.00 Å². The molecule has 1 aromatic rings. The maximum absolute atomic E-state index is 12.0. The van der Waals surface area contributed by atoms with Gasteiger partial charge in [0.05, 0.1) is 13.2 Å². The van der Waals surface area contributed by atoms with Crippen LogP contribution in [0, 0.1) is 11.3 Å². The third kappa shape index (κ3) is 5.13. The van der Waals surface area contributed by atoms with Gasteiger partial charge in [-0.25, -0.2) is 0 Å². The highest BCUT2D eigenvalue weighted by Gasteiger charge is 2.22. The van der Waals surface area contributed by atoms with Crippen molar-refractivity contribution in [1.82, 2.24) is 10.2 Å². The summed E-state index contributed by atoms with van der Waals surface area (Å²) in [5.74, 6) is 0.451. The fourth-order valence-corrected chi connectivity index (χ4v) is 2.62. The van der Waals surface area contributed by atoms with Gasteiger partial charge in [0.15, 0.2) is 0 Å². The van der Waals surface area contributed by atoms with E-state index < -0.39 is 0 Å². The zero-order chi connectivity index (χ0) is 17.4. The lowest BCUT2D eigenvalue weighted by atomic mass is 10.0. The second kappa shape index (κ2) is 8.73. The summed E-state index contributed by atoms with van der Waals surface area (Å²) in [5.41, 5.74) is 0.890. The van der Waals surface area contributed by atoms with Gasteiger partial charge >= 0.3 is 0 Å². The Morgan fingerprint density at radius 3 is 2.83 bits per heavy atom. The maximum atomic E-state index is 12.0. The van der Waals surface area contributed by atoms with Crippen molar-refractivity contribution in [3.63, 3.8) is 0 Å². The third-order valence-corrected chi connectivity index (χ3v) is 3.95. The molecule has 6 heteroatoms. The van der Waals surface area contributed by atoms with Crippen molar-refractivity contribution >= 4 is 17.9 Å². The molecule has 0 atom stereocenters. The van der Waals surface area contributed by atoms with E-state index in [1.165, 1.54) is 6.08 Å². The fraction of sp³-hybridized carbons (Fsp3) is 0.389. The maximum Gasteiger partial charge on any atom is 0.244 e. The standard InChI is InChI=1S/C18H21N3O3/c1-24-16-4-2-3-14(13-16)5-6-17(22)20-15-8-11-21(12-9-15)18(23)7-10-19/h2-6,13,15H,7-9,11-12H2,1H3,(H,20,22)/b6-5+. The highest BCUT2D eigenvalue weighted by atomic mass is 16.5. The van der Waals surface area contributed by atoms with Crippen LogP contribution in [0.3, 0.4) is 0 Å². The van der Waals surface area contributed by atoms with Gasteiger partial charge in [0.1, 0.15) is 12.2 Å². The Kier molecular flexibility index (Phi) is 6.38. The first-order valence-corrected chi connectivity index (χ1v) is 7.89. The minimum atomic E-state index is -0.153. The third-order valence-electron chi connectivity index (χ3n) is 3.95. The van der Waals surface area contributed by atoms with Crippen molar-refractivity contribution in [2.75, 3.05) is 20.2 Å². The summed E-state index contributed by atoms with van der Waals surface area (Å²) in [7, 11) is 1.60. The molecule has 1 fully saturated rings. The molecule has 2 amide bonds. The van der Waals surface area contributed by atoms with Crippen LogP contribution in [0.25, 0.3) is 6.08 Å². The van der Waals surface area contributed by atoms with Gasteiger partial charge in [0.2, 0.25) is 11.8 Å². The van der Waals surface area contributed by atoms with Crippen LogP contribution in [0.5, 0.6) is 5.75 Å². The molecular formula is C18H21N3O3. The highest BCUT2D eigenvalue weighted by Crippen LogP contribution is 2.14. The molecule has 1 N–H and O–H groups in total. The number of piperidine rings is 1. The van der Waals surface area contributed by atoms with Gasteiger partial charge in [-0.1, -0.05) is 12.1 Å². The molecule has 0 aliphatic carbocycles. The van der Waals surface area contributed by atoms with E-state index in [-0.39, 0.29) is 24.3 Å². The first-order chi connectivity index (χ1) is 11.6. The Morgan fingerprint density at radius 1 is 1.42 bits per heavy atom. The number of nitriles is 1. The molecule has 0 aromatic heterocycles. The minimum absolute atomic E-state index is 0.0543. The summed E-state index contributed by atoms with van der Waals surface area (Å²) in [6, 6.07) is 9.38. The van der Waals surface area contributed by atoms with Crippen molar-refractivity contribution < 1.29 is 14.3 Å². The van der Waals surface area contributed by atoms with E-state index in [0.717, 1.165) is 11.3 Å². The van der Waals surface area contributed by atoms with Crippen molar-refractivity contribution in [2.24, 2.45) is 0 Å². The average molecular weight is 327 g/mol. The second-order valence-corrected chi connectivity index (χ2v) is 5.61. The zero-order valence-corrected chi connectivity index (χ0v) is 13.7. The van der Waals surface area contributed by atoms with Crippen LogP contribution >= 0.6 is 0 Å². The summed E-state index contributed by atoms with van der Waals surface area (Å²) in [5, 5.41) is 11.5. The SMILES string of the molecule is COc1cccc(/C=C/C(=O)NC2CCN(C(=O)CC#N)CC2)c1. The molecule has 126 valence electrons. The number of methoxy groups -OCH3 is 1. The van der Waals surface area contributed by atoms with E-state index >= 15 is 0 Å². The summed E-state index contributed by atoms with van der Waals surface area (Å²) < 4.78 is 5.14. The molecule has 0 radical (unpaired) electrons. The van der Waals surface area contributed by atoms with Crippen molar-refractivity contribution in [1.29, 1.82) is 5.26 Å². The Hall–Kier alpha value is -2.81. The predicted octanol–water partition coefficient (Wildman–Crippen LogP) is 1.73. The number of carbonyl (C=O) groups excluding carboxylic acids is 2. The van der Waals surface area contributed by atoms with Crippen LogP contribution in [0.4, 0.5) is 0 Å². The van der Waals surface area contributed by atoms with E-state index in [2.05, 4.69) is 5.32 Å². The molecule has 1 saturated heterocycles. The molecule has 0 unspecified atom stereocenters. The van der Waals surface area contributed by atoms with Crippen molar-refractivity contribution in [3.8, 4) is 11.8 Å². The molecule has 24 heavy (non-hydrogen) atoms. The van der Waals surface area contributed by atoms with E-state index in [9.17, 15) is 9.59 Å². The lowest BCUT2D eigenvalue weighted by Gasteiger charge is -2.31. The van der Waals surface area contributed by atoms with Gasteiger partial charge < -0.3 is 15.0 Å². The number of hydrogen-bond acceptors (Lipinski definition) is 4. The first kappa shape index (κ1) is 17.5. The largest absolute Gasteiger partial charge is 0.497 e. The normalized spacial score (nSPS) is 15.1. The predicted molar refractivity (Wildman–Crippen MR) is 90.0 cm³/mol. The Balaban J connectivity index is 1.80. The molecule has 2 rings (SSSR count). The van der Waals surface area contributed by atoms with Crippen LogP contribution in [0.1, 0.15) is 24.8 Å². The lowest BCUT2D eigenvalue weighted by Crippen LogP contribution is -2.46. The number of ether oxygens (including phenoxy) is 1. The fourth-order valence-electron chi connectivity index (χ4n) is 2.62. The number of hydrogen-bond donors (Lipinski definition) is 1. The van der Waals surface area contributed by atoms with E-state index in [1.54, 1.807) is 18.1 Å². The Morgan fingerprint density at radius 2 is 2.17 bits per heavy atom. The summed E-state index contributed by atoms with van der Waals surface area (Å²) in [4.78, 5) is 25.3. The topological polar surface area (TPSA) is 82.4 Å². The van der Waals surface area contributed by atoms with Gasteiger partial charge in [0, 0.05) is 25.2 Å². The monoisotopic (exact) mass is 327 g/mol. The van der Waals surface area contributed by atoms with Gasteiger partial charge in [-0.15, -0.1) is 0 Å². The van der Waals surface area contributed by atoms with Crippen LogP contribution in [-0.2, 0) is 9.59 Å². The number of carbonyl (C=O) groups is 2.